The maximum Gasteiger partial charge on any atom is 0.308 e. The maximum absolute atomic E-state index is 10.7. The van der Waals surface area contributed by atoms with Crippen molar-refractivity contribution in [2.45, 2.75) is 26.7 Å². The number of ether oxygens (including phenoxy) is 2. The standard InChI is InChI=1S/C13H18O3/c1-4-15-9-10(2)12-5-7-13(8-6-12)16-11(3)14/h5-8,10H,4,9H2,1-3H3. The summed E-state index contributed by atoms with van der Waals surface area (Å²) >= 11 is 0. The quantitative estimate of drug-likeness (QED) is 0.567. The number of hydrogen-bond acceptors (Lipinski definition) is 3. The molecular formula is C13H18O3. The van der Waals surface area contributed by atoms with Gasteiger partial charge in [0, 0.05) is 19.4 Å². The number of rotatable bonds is 5. The Kier molecular flexibility index (Phi) is 4.99. The molecule has 1 rings (SSSR count). The van der Waals surface area contributed by atoms with Crippen LogP contribution in [0.5, 0.6) is 5.75 Å². The molecule has 0 fully saturated rings. The summed E-state index contributed by atoms with van der Waals surface area (Å²) in [6.45, 7) is 6.93. The molecule has 0 spiro atoms. The van der Waals surface area contributed by atoms with Gasteiger partial charge in [-0.25, -0.2) is 0 Å². The molecule has 88 valence electrons. The highest BCUT2D eigenvalue weighted by Gasteiger charge is 2.05. The Bertz CT molecular complexity index is 330. The normalized spacial score (nSPS) is 12.2. The summed E-state index contributed by atoms with van der Waals surface area (Å²) in [5, 5.41) is 0. The SMILES string of the molecule is CCOCC(C)c1ccc(OC(C)=O)cc1. The smallest absolute Gasteiger partial charge is 0.308 e. The van der Waals surface area contributed by atoms with Crippen molar-refractivity contribution >= 4 is 5.97 Å². The highest BCUT2D eigenvalue weighted by atomic mass is 16.5. The third-order valence-corrected chi connectivity index (χ3v) is 2.28. The number of hydrogen-bond donors (Lipinski definition) is 0. The maximum atomic E-state index is 10.7. The van der Waals surface area contributed by atoms with Crippen LogP contribution < -0.4 is 4.74 Å². The molecule has 1 unspecified atom stereocenters. The lowest BCUT2D eigenvalue weighted by Crippen LogP contribution is -2.05. The van der Waals surface area contributed by atoms with Gasteiger partial charge < -0.3 is 9.47 Å². The Morgan fingerprint density at radius 2 is 1.94 bits per heavy atom. The van der Waals surface area contributed by atoms with Gasteiger partial charge in [-0.2, -0.15) is 0 Å². The van der Waals surface area contributed by atoms with Gasteiger partial charge in [0.15, 0.2) is 0 Å². The topological polar surface area (TPSA) is 35.5 Å². The Labute approximate surface area is 96.4 Å². The molecule has 0 aromatic heterocycles. The van der Waals surface area contributed by atoms with Gasteiger partial charge >= 0.3 is 5.97 Å². The zero-order valence-corrected chi connectivity index (χ0v) is 10.0. The molecule has 0 saturated heterocycles. The molecule has 0 saturated carbocycles. The molecule has 0 aliphatic carbocycles. The molecule has 3 heteroatoms. The van der Waals surface area contributed by atoms with Crippen molar-refractivity contribution in [3.63, 3.8) is 0 Å². The summed E-state index contributed by atoms with van der Waals surface area (Å²) in [4.78, 5) is 10.7. The summed E-state index contributed by atoms with van der Waals surface area (Å²) in [5.41, 5.74) is 1.18. The van der Waals surface area contributed by atoms with Crippen molar-refractivity contribution in [2.75, 3.05) is 13.2 Å². The Morgan fingerprint density at radius 3 is 2.44 bits per heavy atom. The van der Waals surface area contributed by atoms with Crippen molar-refractivity contribution in [1.82, 2.24) is 0 Å². The minimum Gasteiger partial charge on any atom is -0.427 e. The van der Waals surface area contributed by atoms with E-state index in [1.165, 1.54) is 12.5 Å². The molecule has 0 radical (unpaired) electrons. The molecule has 0 bridgehead atoms. The molecule has 0 aliphatic rings. The second-order valence-corrected chi connectivity index (χ2v) is 3.72. The van der Waals surface area contributed by atoms with E-state index in [1.807, 2.05) is 19.1 Å². The average molecular weight is 222 g/mol. The minimum atomic E-state index is -0.296. The van der Waals surface area contributed by atoms with E-state index < -0.39 is 0 Å². The average Bonchev–Trinajstić information content (AvgIpc) is 2.26. The lowest BCUT2D eigenvalue weighted by molar-refractivity contribution is -0.131. The number of benzene rings is 1. The van der Waals surface area contributed by atoms with Crippen LogP contribution in [0, 0.1) is 0 Å². The molecule has 3 nitrogen and oxygen atoms in total. The Morgan fingerprint density at radius 1 is 1.31 bits per heavy atom. The first-order valence-electron chi connectivity index (χ1n) is 5.49. The van der Waals surface area contributed by atoms with Crippen LogP contribution in [0.3, 0.4) is 0 Å². The first-order chi connectivity index (χ1) is 7.63. The number of esters is 1. The first-order valence-corrected chi connectivity index (χ1v) is 5.49. The van der Waals surface area contributed by atoms with Crippen LogP contribution in [0.25, 0.3) is 0 Å². The number of carbonyl (C=O) groups is 1. The fourth-order valence-electron chi connectivity index (χ4n) is 1.42. The molecule has 0 aliphatic heterocycles. The van der Waals surface area contributed by atoms with E-state index in [0.29, 0.717) is 18.3 Å². The number of carbonyl (C=O) groups excluding carboxylic acids is 1. The summed E-state index contributed by atoms with van der Waals surface area (Å²) in [7, 11) is 0. The summed E-state index contributed by atoms with van der Waals surface area (Å²) < 4.78 is 10.3. The van der Waals surface area contributed by atoms with Crippen molar-refractivity contribution in [3.05, 3.63) is 29.8 Å². The predicted octanol–water partition coefficient (Wildman–Crippen LogP) is 2.75. The van der Waals surface area contributed by atoms with E-state index in [4.69, 9.17) is 9.47 Å². The third kappa shape index (κ3) is 4.03. The van der Waals surface area contributed by atoms with Gasteiger partial charge in [-0.15, -0.1) is 0 Å². The van der Waals surface area contributed by atoms with Crippen LogP contribution in [-0.4, -0.2) is 19.2 Å². The molecule has 1 atom stereocenters. The molecular weight excluding hydrogens is 204 g/mol. The molecule has 16 heavy (non-hydrogen) atoms. The van der Waals surface area contributed by atoms with Gasteiger partial charge in [-0.05, 0) is 24.6 Å². The van der Waals surface area contributed by atoms with Gasteiger partial charge in [0.25, 0.3) is 0 Å². The molecule has 0 heterocycles. The highest BCUT2D eigenvalue weighted by molar-refractivity contribution is 5.69. The minimum absolute atomic E-state index is 0.296. The van der Waals surface area contributed by atoms with Crippen molar-refractivity contribution in [2.24, 2.45) is 0 Å². The largest absolute Gasteiger partial charge is 0.427 e. The van der Waals surface area contributed by atoms with Gasteiger partial charge in [-0.3, -0.25) is 4.79 Å². The van der Waals surface area contributed by atoms with Gasteiger partial charge in [-0.1, -0.05) is 19.1 Å². The van der Waals surface area contributed by atoms with E-state index in [0.717, 1.165) is 6.61 Å². The van der Waals surface area contributed by atoms with Gasteiger partial charge in [0.2, 0.25) is 0 Å². The zero-order chi connectivity index (χ0) is 12.0. The summed E-state index contributed by atoms with van der Waals surface area (Å²) in [6.07, 6.45) is 0. The van der Waals surface area contributed by atoms with Crippen LogP contribution in [0.2, 0.25) is 0 Å². The van der Waals surface area contributed by atoms with E-state index in [9.17, 15) is 4.79 Å². The Hall–Kier alpha value is -1.35. The molecule has 1 aromatic rings. The van der Waals surface area contributed by atoms with Crippen molar-refractivity contribution < 1.29 is 14.3 Å². The monoisotopic (exact) mass is 222 g/mol. The van der Waals surface area contributed by atoms with Crippen molar-refractivity contribution in [1.29, 1.82) is 0 Å². The lowest BCUT2D eigenvalue weighted by Gasteiger charge is -2.12. The van der Waals surface area contributed by atoms with Gasteiger partial charge in [0.05, 0.1) is 6.61 Å². The molecule has 0 amide bonds. The fourth-order valence-corrected chi connectivity index (χ4v) is 1.42. The molecule has 1 aromatic carbocycles. The zero-order valence-electron chi connectivity index (χ0n) is 10.0. The van der Waals surface area contributed by atoms with E-state index >= 15 is 0 Å². The Balaban J connectivity index is 2.59. The van der Waals surface area contributed by atoms with Crippen molar-refractivity contribution in [3.8, 4) is 5.75 Å². The van der Waals surface area contributed by atoms with Crippen LogP contribution in [0.15, 0.2) is 24.3 Å². The van der Waals surface area contributed by atoms with E-state index in [2.05, 4.69) is 6.92 Å². The van der Waals surface area contributed by atoms with Gasteiger partial charge in [0.1, 0.15) is 5.75 Å². The second-order valence-electron chi connectivity index (χ2n) is 3.72. The first kappa shape index (κ1) is 12.7. The third-order valence-electron chi connectivity index (χ3n) is 2.28. The van der Waals surface area contributed by atoms with Crippen LogP contribution >= 0.6 is 0 Å². The van der Waals surface area contributed by atoms with E-state index in [-0.39, 0.29) is 5.97 Å². The predicted molar refractivity (Wildman–Crippen MR) is 62.7 cm³/mol. The van der Waals surface area contributed by atoms with Crippen LogP contribution in [0.1, 0.15) is 32.3 Å². The summed E-state index contributed by atoms with van der Waals surface area (Å²) in [5.74, 6) is 0.640. The highest BCUT2D eigenvalue weighted by Crippen LogP contribution is 2.19. The summed E-state index contributed by atoms with van der Waals surface area (Å²) in [6, 6.07) is 7.53. The molecule has 0 N–H and O–H groups in total. The van der Waals surface area contributed by atoms with E-state index in [1.54, 1.807) is 12.1 Å². The van der Waals surface area contributed by atoms with Crippen LogP contribution in [0.4, 0.5) is 0 Å². The lowest BCUT2D eigenvalue weighted by atomic mass is 10.0. The second kappa shape index (κ2) is 6.28. The fraction of sp³-hybridized carbons (Fsp3) is 0.462. The van der Waals surface area contributed by atoms with Crippen LogP contribution in [-0.2, 0) is 9.53 Å².